The maximum Gasteiger partial charge on any atom is 0.323 e. The minimum absolute atomic E-state index is 0.0191. The quantitative estimate of drug-likeness (QED) is 0.498. The van der Waals surface area contributed by atoms with Gasteiger partial charge in [0.1, 0.15) is 24.5 Å². The number of amides is 4. The molecule has 2 heterocycles. The van der Waals surface area contributed by atoms with Crippen LogP contribution in [-0.2, 0) is 19.1 Å². The number of benzene rings is 1. The first-order valence-electron chi connectivity index (χ1n) is 10.0. The number of esters is 1. The lowest BCUT2D eigenvalue weighted by molar-refractivity contribution is -0.156. The third kappa shape index (κ3) is 4.07. The summed E-state index contributed by atoms with van der Waals surface area (Å²) < 4.78 is 19.3. The van der Waals surface area contributed by atoms with Crippen molar-refractivity contribution in [3.63, 3.8) is 0 Å². The number of hydrogen-bond donors (Lipinski definition) is 1. The minimum Gasteiger partial charge on any atom is -0.463 e. The average Bonchev–Trinajstić information content (AvgIpc) is 2.96. The van der Waals surface area contributed by atoms with Crippen LogP contribution in [0.2, 0.25) is 0 Å². The number of carbonyl (C=O) groups excluding carboxylic acids is 5. The second kappa shape index (κ2) is 8.93. The van der Waals surface area contributed by atoms with Crippen molar-refractivity contribution in [2.75, 3.05) is 20.2 Å². The number of nitrogens with zero attached hydrogens (tertiary/aromatic N) is 2. The van der Waals surface area contributed by atoms with Gasteiger partial charge in [-0.1, -0.05) is 19.9 Å². The first-order valence-corrected chi connectivity index (χ1v) is 10.0. The van der Waals surface area contributed by atoms with Gasteiger partial charge in [-0.3, -0.25) is 33.8 Å². The van der Waals surface area contributed by atoms with E-state index in [-0.39, 0.29) is 43.0 Å². The zero-order chi connectivity index (χ0) is 22.9. The number of carbonyl (C=O) groups is 5. The van der Waals surface area contributed by atoms with Gasteiger partial charge in [0, 0.05) is 6.42 Å². The summed E-state index contributed by atoms with van der Waals surface area (Å²) in [5.41, 5.74) is -0.480. The fourth-order valence-corrected chi connectivity index (χ4v) is 3.89. The van der Waals surface area contributed by atoms with Crippen molar-refractivity contribution in [3.8, 4) is 0 Å². The van der Waals surface area contributed by atoms with Crippen molar-refractivity contribution >= 4 is 29.6 Å². The van der Waals surface area contributed by atoms with Gasteiger partial charge in [0.05, 0.1) is 17.7 Å². The number of likely N-dealkylation sites (tertiary alicyclic amines) is 1. The lowest BCUT2D eigenvalue weighted by atomic mass is 10.0. The average molecular weight is 433 g/mol. The molecule has 166 valence electrons. The molecular weight excluding hydrogens is 409 g/mol. The number of imide groups is 2. The topological polar surface area (TPSA) is 113 Å². The maximum atomic E-state index is 14.1. The van der Waals surface area contributed by atoms with Gasteiger partial charge in [0.25, 0.3) is 17.7 Å². The Morgan fingerprint density at radius 3 is 2.55 bits per heavy atom. The predicted octanol–water partition coefficient (Wildman–Crippen LogP) is 0.726. The van der Waals surface area contributed by atoms with Gasteiger partial charge in [0.2, 0.25) is 5.91 Å². The van der Waals surface area contributed by atoms with Crippen LogP contribution in [0.15, 0.2) is 18.2 Å². The first kappa shape index (κ1) is 22.5. The molecule has 10 heteroatoms. The Morgan fingerprint density at radius 2 is 1.94 bits per heavy atom. The molecule has 2 aliphatic rings. The van der Waals surface area contributed by atoms with Crippen LogP contribution in [0.1, 0.15) is 47.4 Å². The summed E-state index contributed by atoms with van der Waals surface area (Å²) in [5.74, 6) is -4.29. The molecular formula is C21H24FN3O6. The lowest BCUT2D eigenvalue weighted by Gasteiger charge is -2.34. The van der Waals surface area contributed by atoms with E-state index in [0.717, 1.165) is 15.9 Å². The summed E-state index contributed by atoms with van der Waals surface area (Å²) in [4.78, 5) is 64.3. The highest BCUT2D eigenvalue weighted by atomic mass is 19.1. The lowest BCUT2D eigenvalue weighted by Crippen LogP contribution is -2.56. The number of likely N-dealkylation sites (N-methyl/N-ethyl adjacent to an activating group) is 1. The summed E-state index contributed by atoms with van der Waals surface area (Å²) in [6.45, 7) is 3.27. The van der Waals surface area contributed by atoms with Gasteiger partial charge in [-0.15, -0.1) is 0 Å². The van der Waals surface area contributed by atoms with Crippen molar-refractivity contribution in [1.29, 1.82) is 0 Å². The van der Waals surface area contributed by atoms with E-state index in [1.165, 1.54) is 12.1 Å². The minimum atomic E-state index is -1.22. The zero-order valence-electron chi connectivity index (χ0n) is 17.5. The van der Waals surface area contributed by atoms with Crippen molar-refractivity contribution in [3.05, 3.63) is 35.1 Å². The van der Waals surface area contributed by atoms with E-state index < -0.39 is 47.5 Å². The predicted molar refractivity (Wildman–Crippen MR) is 105 cm³/mol. The number of ether oxygens (including phenoxy) is 1. The van der Waals surface area contributed by atoms with Gasteiger partial charge in [-0.25, -0.2) is 4.39 Å². The van der Waals surface area contributed by atoms with E-state index in [1.54, 1.807) is 7.05 Å². The maximum absolute atomic E-state index is 14.1. The molecule has 1 aromatic rings. The van der Waals surface area contributed by atoms with Crippen molar-refractivity contribution < 1.29 is 33.1 Å². The summed E-state index contributed by atoms with van der Waals surface area (Å²) in [5, 5.41) is 2.84. The second-order valence-corrected chi connectivity index (χ2v) is 7.76. The highest BCUT2D eigenvalue weighted by molar-refractivity contribution is 6.23. The molecule has 0 bridgehead atoms. The van der Waals surface area contributed by atoms with E-state index in [1.807, 2.05) is 13.8 Å². The molecule has 3 rings (SSSR count). The molecule has 31 heavy (non-hydrogen) atoms. The number of rotatable bonds is 7. The van der Waals surface area contributed by atoms with E-state index in [4.69, 9.17) is 4.74 Å². The highest BCUT2D eigenvalue weighted by Gasteiger charge is 2.47. The number of piperidine rings is 1. The summed E-state index contributed by atoms with van der Waals surface area (Å²) in [6.07, 6.45) is -0.123. The highest BCUT2D eigenvalue weighted by Crippen LogP contribution is 2.30. The molecule has 0 radical (unpaired) electrons. The standard InChI is InChI=1S/C21H24FN3O6/c1-11(2)17(23-3)21(30)31-10-9-24-15(26)8-7-14(19(24)28)25-18(27)12-5-4-6-13(22)16(12)20(25)29/h4-6,11,14,17,23H,7-10H2,1-3H3/t14?,17-/m0/s1. The number of halogens is 1. The Hall–Kier alpha value is -3.14. The monoisotopic (exact) mass is 433 g/mol. The van der Waals surface area contributed by atoms with Crippen LogP contribution in [0.3, 0.4) is 0 Å². The Morgan fingerprint density at radius 1 is 1.23 bits per heavy atom. The van der Waals surface area contributed by atoms with Crippen LogP contribution in [0, 0.1) is 11.7 Å². The Kier molecular flexibility index (Phi) is 6.49. The molecule has 1 N–H and O–H groups in total. The molecule has 1 fully saturated rings. The molecule has 1 aromatic carbocycles. The molecule has 1 saturated heterocycles. The Labute approximate surface area is 178 Å². The summed E-state index contributed by atoms with van der Waals surface area (Å²) in [6, 6.07) is 1.94. The normalized spacial score (nSPS) is 19.8. The van der Waals surface area contributed by atoms with Gasteiger partial charge in [-0.2, -0.15) is 0 Å². The Bertz CT molecular complexity index is 947. The third-order valence-corrected chi connectivity index (χ3v) is 5.48. The first-order chi connectivity index (χ1) is 14.7. The van der Waals surface area contributed by atoms with Crippen LogP contribution in [0.4, 0.5) is 4.39 Å². The van der Waals surface area contributed by atoms with Crippen molar-refractivity contribution in [1.82, 2.24) is 15.1 Å². The fourth-order valence-electron chi connectivity index (χ4n) is 3.89. The zero-order valence-corrected chi connectivity index (χ0v) is 17.5. The van der Waals surface area contributed by atoms with E-state index in [9.17, 15) is 28.4 Å². The van der Waals surface area contributed by atoms with Gasteiger partial charge >= 0.3 is 5.97 Å². The Balaban J connectivity index is 1.70. The van der Waals surface area contributed by atoms with Crippen LogP contribution >= 0.6 is 0 Å². The van der Waals surface area contributed by atoms with Crippen LogP contribution in [0.25, 0.3) is 0 Å². The van der Waals surface area contributed by atoms with E-state index in [0.29, 0.717) is 0 Å². The molecule has 0 spiro atoms. The van der Waals surface area contributed by atoms with Gasteiger partial charge in [-0.05, 0) is 31.5 Å². The SMILES string of the molecule is CN[C@H](C(=O)OCCN1C(=O)CCC(N2C(=O)c3cccc(F)c3C2=O)C1=O)C(C)C. The largest absolute Gasteiger partial charge is 0.463 e. The molecule has 2 aliphatic heterocycles. The molecule has 0 aliphatic carbocycles. The van der Waals surface area contributed by atoms with E-state index in [2.05, 4.69) is 5.32 Å². The summed E-state index contributed by atoms with van der Waals surface area (Å²) >= 11 is 0. The number of nitrogens with one attached hydrogen (secondary N) is 1. The number of hydrogen-bond acceptors (Lipinski definition) is 7. The fraction of sp³-hybridized carbons (Fsp3) is 0.476. The van der Waals surface area contributed by atoms with Gasteiger partial charge < -0.3 is 10.1 Å². The number of fused-ring (bicyclic) bond motifs is 1. The molecule has 0 aromatic heterocycles. The molecule has 0 saturated carbocycles. The molecule has 4 amide bonds. The summed E-state index contributed by atoms with van der Waals surface area (Å²) in [7, 11) is 1.62. The third-order valence-electron chi connectivity index (χ3n) is 5.48. The van der Waals surface area contributed by atoms with Crippen molar-refractivity contribution in [2.45, 2.75) is 38.8 Å². The molecule has 2 atom stereocenters. The van der Waals surface area contributed by atoms with Crippen molar-refractivity contribution in [2.24, 2.45) is 5.92 Å². The van der Waals surface area contributed by atoms with Crippen LogP contribution in [0.5, 0.6) is 0 Å². The van der Waals surface area contributed by atoms with E-state index >= 15 is 0 Å². The van der Waals surface area contributed by atoms with Crippen LogP contribution < -0.4 is 5.32 Å². The molecule has 1 unspecified atom stereocenters. The van der Waals surface area contributed by atoms with Crippen LogP contribution in [-0.4, -0.2) is 71.7 Å². The second-order valence-electron chi connectivity index (χ2n) is 7.76. The molecule has 9 nitrogen and oxygen atoms in total. The van der Waals surface area contributed by atoms with Gasteiger partial charge in [0.15, 0.2) is 0 Å². The smallest absolute Gasteiger partial charge is 0.323 e.